The van der Waals surface area contributed by atoms with E-state index >= 15 is 0 Å². The molecule has 102 valence electrons. The Morgan fingerprint density at radius 1 is 1.37 bits per heavy atom. The lowest BCUT2D eigenvalue weighted by atomic mass is 10.1. The lowest BCUT2D eigenvalue weighted by Gasteiger charge is -2.16. The molecule has 2 N–H and O–H groups in total. The summed E-state index contributed by atoms with van der Waals surface area (Å²) in [4.78, 5) is 14.9. The molecule has 1 aromatic heterocycles. The van der Waals surface area contributed by atoms with Crippen molar-refractivity contribution < 1.29 is 18.0 Å². The summed E-state index contributed by atoms with van der Waals surface area (Å²) in [5.74, 6) is -0.498. The standard InChI is InChI=1S/C13H13F3N2O/c1-8(7-13(14,15)16)18-12(19)10-3-2-4-11-9(10)5-6-17-11/h2-6,8,17H,7H2,1H3,(H,18,19). The molecule has 0 fully saturated rings. The summed E-state index contributed by atoms with van der Waals surface area (Å²) in [7, 11) is 0. The van der Waals surface area contributed by atoms with Crippen molar-refractivity contribution in [3.8, 4) is 0 Å². The number of fused-ring (bicyclic) bond motifs is 1. The molecule has 0 spiro atoms. The number of carbonyl (C=O) groups is 1. The van der Waals surface area contributed by atoms with Gasteiger partial charge in [-0.1, -0.05) is 6.07 Å². The maximum absolute atomic E-state index is 12.2. The summed E-state index contributed by atoms with van der Waals surface area (Å²) in [6, 6.07) is 5.83. The van der Waals surface area contributed by atoms with Gasteiger partial charge in [0.1, 0.15) is 0 Å². The van der Waals surface area contributed by atoms with Gasteiger partial charge in [-0.15, -0.1) is 0 Å². The van der Waals surface area contributed by atoms with Crippen LogP contribution in [0.2, 0.25) is 0 Å². The lowest BCUT2D eigenvalue weighted by Crippen LogP contribution is -2.36. The summed E-state index contributed by atoms with van der Waals surface area (Å²) in [6.45, 7) is 1.34. The first-order valence-electron chi connectivity index (χ1n) is 5.80. The Hall–Kier alpha value is -1.98. The van der Waals surface area contributed by atoms with Crippen LogP contribution in [0.1, 0.15) is 23.7 Å². The molecular weight excluding hydrogens is 257 g/mol. The Morgan fingerprint density at radius 2 is 2.11 bits per heavy atom. The van der Waals surface area contributed by atoms with E-state index in [-0.39, 0.29) is 0 Å². The average Bonchev–Trinajstić information content (AvgIpc) is 2.73. The van der Waals surface area contributed by atoms with Crippen LogP contribution in [0.15, 0.2) is 30.5 Å². The number of benzene rings is 1. The number of aromatic amines is 1. The van der Waals surface area contributed by atoms with Crippen molar-refractivity contribution in [1.82, 2.24) is 10.3 Å². The van der Waals surface area contributed by atoms with E-state index < -0.39 is 24.5 Å². The topological polar surface area (TPSA) is 44.9 Å². The molecule has 0 aliphatic carbocycles. The first-order valence-corrected chi connectivity index (χ1v) is 5.80. The SMILES string of the molecule is CC(CC(F)(F)F)NC(=O)c1cccc2[nH]ccc12. The number of hydrogen-bond acceptors (Lipinski definition) is 1. The molecule has 0 saturated carbocycles. The number of nitrogens with one attached hydrogen (secondary N) is 2. The van der Waals surface area contributed by atoms with Crippen LogP contribution in [-0.4, -0.2) is 23.1 Å². The van der Waals surface area contributed by atoms with Crippen molar-refractivity contribution in [2.75, 3.05) is 0 Å². The highest BCUT2D eigenvalue weighted by Crippen LogP contribution is 2.22. The van der Waals surface area contributed by atoms with Gasteiger partial charge in [-0.3, -0.25) is 4.79 Å². The van der Waals surface area contributed by atoms with Crippen LogP contribution in [0.5, 0.6) is 0 Å². The molecule has 3 nitrogen and oxygen atoms in total. The zero-order chi connectivity index (χ0) is 14.0. The first-order chi connectivity index (χ1) is 8.87. The number of hydrogen-bond donors (Lipinski definition) is 2. The van der Waals surface area contributed by atoms with E-state index in [0.717, 1.165) is 5.52 Å². The fourth-order valence-electron chi connectivity index (χ4n) is 1.98. The van der Waals surface area contributed by atoms with Gasteiger partial charge in [-0.05, 0) is 25.1 Å². The van der Waals surface area contributed by atoms with Crippen molar-refractivity contribution in [2.45, 2.75) is 25.6 Å². The number of amides is 1. The normalized spacial score (nSPS) is 13.5. The summed E-state index contributed by atoms with van der Waals surface area (Å²) < 4.78 is 36.6. The number of carbonyl (C=O) groups excluding carboxylic acids is 1. The van der Waals surface area contributed by atoms with E-state index in [1.807, 2.05) is 0 Å². The number of alkyl halides is 3. The molecule has 0 saturated heterocycles. The highest BCUT2D eigenvalue weighted by Gasteiger charge is 2.30. The zero-order valence-electron chi connectivity index (χ0n) is 10.2. The van der Waals surface area contributed by atoms with Crippen LogP contribution >= 0.6 is 0 Å². The van der Waals surface area contributed by atoms with Gasteiger partial charge in [0, 0.05) is 28.7 Å². The predicted molar refractivity (Wildman–Crippen MR) is 65.9 cm³/mol. The van der Waals surface area contributed by atoms with E-state index in [0.29, 0.717) is 10.9 Å². The maximum Gasteiger partial charge on any atom is 0.391 e. The second kappa shape index (κ2) is 4.95. The van der Waals surface area contributed by atoms with Crippen LogP contribution in [0.3, 0.4) is 0 Å². The molecule has 1 atom stereocenters. The summed E-state index contributed by atoms with van der Waals surface area (Å²) in [5.41, 5.74) is 1.14. The van der Waals surface area contributed by atoms with Gasteiger partial charge in [-0.25, -0.2) is 0 Å². The number of aromatic nitrogens is 1. The molecule has 0 radical (unpaired) electrons. The smallest absolute Gasteiger partial charge is 0.361 e. The fourth-order valence-corrected chi connectivity index (χ4v) is 1.98. The molecule has 1 aromatic carbocycles. The molecule has 1 heterocycles. The van der Waals surface area contributed by atoms with Gasteiger partial charge < -0.3 is 10.3 Å². The van der Waals surface area contributed by atoms with Gasteiger partial charge in [-0.2, -0.15) is 13.2 Å². The molecule has 1 amide bonds. The van der Waals surface area contributed by atoms with Gasteiger partial charge in [0.15, 0.2) is 0 Å². The Balaban J connectivity index is 2.14. The minimum absolute atomic E-state index is 0.368. The van der Waals surface area contributed by atoms with Crippen LogP contribution < -0.4 is 5.32 Å². The Labute approximate surface area is 107 Å². The third kappa shape index (κ3) is 3.27. The number of halogens is 3. The van der Waals surface area contributed by atoms with Crippen molar-refractivity contribution in [3.63, 3.8) is 0 Å². The zero-order valence-corrected chi connectivity index (χ0v) is 10.2. The number of rotatable bonds is 3. The Bertz CT molecular complexity index is 589. The predicted octanol–water partition coefficient (Wildman–Crippen LogP) is 3.24. The molecule has 1 unspecified atom stereocenters. The first kappa shape index (κ1) is 13.5. The van der Waals surface area contributed by atoms with E-state index in [2.05, 4.69) is 10.3 Å². The van der Waals surface area contributed by atoms with Crippen molar-refractivity contribution >= 4 is 16.8 Å². The minimum atomic E-state index is -4.28. The van der Waals surface area contributed by atoms with E-state index in [4.69, 9.17) is 0 Å². The van der Waals surface area contributed by atoms with E-state index in [1.54, 1.807) is 30.5 Å². The third-order valence-electron chi connectivity index (χ3n) is 2.75. The Kier molecular flexibility index (Phi) is 3.50. The molecule has 6 heteroatoms. The van der Waals surface area contributed by atoms with Crippen molar-refractivity contribution in [3.05, 3.63) is 36.0 Å². The monoisotopic (exact) mass is 270 g/mol. The molecule has 2 rings (SSSR count). The van der Waals surface area contributed by atoms with E-state index in [9.17, 15) is 18.0 Å². The summed E-state index contributed by atoms with van der Waals surface area (Å²) >= 11 is 0. The quantitative estimate of drug-likeness (QED) is 0.883. The van der Waals surface area contributed by atoms with Crippen LogP contribution in [0.4, 0.5) is 13.2 Å². The van der Waals surface area contributed by atoms with Gasteiger partial charge in [0.25, 0.3) is 5.91 Å². The Morgan fingerprint density at radius 3 is 2.79 bits per heavy atom. The molecule has 2 aromatic rings. The molecule has 0 aliphatic heterocycles. The molecule has 0 bridgehead atoms. The lowest BCUT2D eigenvalue weighted by molar-refractivity contribution is -0.138. The molecular formula is C13H13F3N2O. The highest BCUT2D eigenvalue weighted by atomic mass is 19.4. The minimum Gasteiger partial charge on any atom is -0.361 e. The van der Waals surface area contributed by atoms with Crippen LogP contribution in [-0.2, 0) is 0 Å². The van der Waals surface area contributed by atoms with Crippen LogP contribution in [0.25, 0.3) is 10.9 Å². The van der Waals surface area contributed by atoms with E-state index in [1.165, 1.54) is 6.92 Å². The maximum atomic E-state index is 12.2. The summed E-state index contributed by atoms with van der Waals surface area (Å²) in [6.07, 6.45) is -3.64. The highest BCUT2D eigenvalue weighted by molar-refractivity contribution is 6.06. The second-order valence-corrected chi connectivity index (χ2v) is 4.44. The molecule has 19 heavy (non-hydrogen) atoms. The van der Waals surface area contributed by atoms with Gasteiger partial charge >= 0.3 is 6.18 Å². The average molecular weight is 270 g/mol. The third-order valence-corrected chi connectivity index (χ3v) is 2.75. The number of H-pyrrole nitrogens is 1. The van der Waals surface area contributed by atoms with Gasteiger partial charge in [0.2, 0.25) is 0 Å². The summed E-state index contributed by atoms with van der Waals surface area (Å²) in [5, 5.41) is 3.06. The van der Waals surface area contributed by atoms with Gasteiger partial charge in [0.05, 0.1) is 6.42 Å². The van der Waals surface area contributed by atoms with Crippen LogP contribution in [0, 0.1) is 0 Å². The molecule has 0 aliphatic rings. The second-order valence-electron chi connectivity index (χ2n) is 4.44. The van der Waals surface area contributed by atoms with Crippen molar-refractivity contribution in [1.29, 1.82) is 0 Å². The largest absolute Gasteiger partial charge is 0.391 e. The van der Waals surface area contributed by atoms with Crippen molar-refractivity contribution in [2.24, 2.45) is 0 Å². The fraction of sp³-hybridized carbons (Fsp3) is 0.308.